The van der Waals surface area contributed by atoms with Crippen LogP contribution in [0.15, 0.2) is 59.0 Å². The van der Waals surface area contributed by atoms with Crippen molar-refractivity contribution in [2.75, 3.05) is 11.9 Å². The molecular formula is C28H32CoN3O3+. The smallest absolute Gasteiger partial charge is 0.591 e. The Hall–Kier alpha value is -2.61. The number of furan rings is 1. The van der Waals surface area contributed by atoms with Gasteiger partial charge in [-0.2, -0.15) is 0 Å². The van der Waals surface area contributed by atoms with Crippen LogP contribution < -0.4 is 11.1 Å². The summed E-state index contributed by atoms with van der Waals surface area (Å²) in [7, 11) is 0. The third-order valence-electron chi connectivity index (χ3n) is 7.70. The van der Waals surface area contributed by atoms with Gasteiger partial charge in [-0.15, -0.1) is 11.5 Å². The van der Waals surface area contributed by atoms with Gasteiger partial charge in [0.25, 0.3) is 0 Å². The molecule has 185 valence electrons. The number of hydrogen-bond donors (Lipinski definition) is 2. The van der Waals surface area contributed by atoms with Crippen molar-refractivity contribution in [1.82, 2.24) is 4.90 Å². The molecule has 2 amide bonds. The van der Waals surface area contributed by atoms with Gasteiger partial charge >= 0.3 is 16.8 Å². The third-order valence-corrected chi connectivity index (χ3v) is 7.70. The fourth-order valence-electron chi connectivity index (χ4n) is 5.74. The first-order valence-electron chi connectivity index (χ1n) is 12.3. The van der Waals surface area contributed by atoms with Crippen LogP contribution in [0.25, 0.3) is 11.0 Å². The fraction of sp³-hybridized carbons (Fsp3) is 0.429. The van der Waals surface area contributed by atoms with E-state index in [0.29, 0.717) is 18.2 Å². The van der Waals surface area contributed by atoms with Crippen molar-refractivity contribution in [3.8, 4) is 0 Å². The van der Waals surface area contributed by atoms with Crippen LogP contribution >= 0.6 is 0 Å². The Labute approximate surface area is 216 Å². The van der Waals surface area contributed by atoms with Crippen LogP contribution in [0.5, 0.6) is 0 Å². The van der Waals surface area contributed by atoms with Crippen molar-refractivity contribution in [3.05, 3.63) is 66.4 Å². The van der Waals surface area contributed by atoms with Crippen LogP contribution in [0.3, 0.4) is 0 Å². The maximum absolute atomic E-state index is 13.7. The molecule has 2 aliphatic rings. The Morgan fingerprint density at radius 1 is 1.09 bits per heavy atom. The summed E-state index contributed by atoms with van der Waals surface area (Å²) in [6, 6.07) is 17.0. The maximum Gasteiger partial charge on any atom is 2.00 e. The van der Waals surface area contributed by atoms with E-state index in [0.717, 1.165) is 48.6 Å². The number of rotatable bonds is 5. The number of hydrogen-bond acceptors (Lipinski definition) is 4. The number of nitrogens with two attached hydrogens (primary N) is 1. The molecule has 6 nitrogen and oxygen atoms in total. The number of likely N-dealkylation sites (tertiary alicyclic amines) is 1. The second-order valence-electron chi connectivity index (χ2n) is 9.86. The van der Waals surface area contributed by atoms with Crippen molar-refractivity contribution < 1.29 is 30.8 Å². The van der Waals surface area contributed by atoms with E-state index in [4.69, 9.17) is 10.2 Å². The molecule has 0 bridgehead atoms. The summed E-state index contributed by atoms with van der Waals surface area (Å²) in [6.07, 6.45) is 7.14. The number of carbonyl (C=O) groups is 2. The molecule has 1 aromatic heterocycles. The minimum atomic E-state index is -0.535. The Bertz CT molecular complexity index is 1150. The van der Waals surface area contributed by atoms with Crippen molar-refractivity contribution >= 4 is 28.5 Å². The number of benzene rings is 2. The first-order chi connectivity index (χ1) is 16.5. The molecule has 1 aliphatic heterocycles. The number of carbonyl (C=O) groups excluding carboxylic acids is 2. The summed E-state index contributed by atoms with van der Waals surface area (Å²) in [5.74, 6) is 0.389. The molecule has 1 saturated carbocycles. The Morgan fingerprint density at radius 3 is 2.54 bits per heavy atom. The first-order valence-corrected chi connectivity index (χ1v) is 12.3. The molecule has 0 spiro atoms. The van der Waals surface area contributed by atoms with Crippen molar-refractivity contribution in [3.63, 3.8) is 0 Å². The van der Waals surface area contributed by atoms with Gasteiger partial charge in [0, 0.05) is 30.1 Å². The fourth-order valence-corrected chi connectivity index (χ4v) is 5.74. The topological polar surface area (TPSA) is 88.6 Å². The molecule has 35 heavy (non-hydrogen) atoms. The molecule has 3 aromatic rings. The van der Waals surface area contributed by atoms with E-state index < -0.39 is 6.04 Å². The van der Waals surface area contributed by atoms with Crippen LogP contribution in [-0.2, 0) is 26.4 Å². The maximum atomic E-state index is 13.7. The number of anilines is 1. The van der Waals surface area contributed by atoms with Gasteiger partial charge < -0.3 is 20.4 Å². The number of amides is 2. The average molecular weight is 518 g/mol. The standard InChI is InChI=1S/C28H32N3O3.Co/c1-18(29)19-7-9-21(10-8-19)28(33)31-15-13-24(20-5-3-2-4-6-20)26(31)27(32)30-23-11-12-25-22(17-23)14-16-34-25;/h2-6,11-12,14,17-19,21,24,26H,7-10,13,15,29H2,1H3,(H,30,32);/q-1;+2/t18?,19?,21?,24?,26-;/m0./s1. The summed E-state index contributed by atoms with van der Waals surface area (Å²) in [5, 5.41) is 3.95. The SMILES string of the molecule is CC(N)C1CCC(C(=O)N2CCC(c3ccccc3)[C@H]2C(=O)Nc2ccc3o[c-]cc3c2)CC1.[Co+2]. The van der Waals surface area contributed by atoms with E-state index in [-0.39, 0.29) is 46.5 Å². The van der Waals surface area contributed by atoms with E-state index in [1.54, 1.807) is 6.07 Å². The molecule has 1 radical (unpaired) electrons. The molecule has 5 rings (SSSR count). The van der Waals surface area contributed by atoms with E-state index in [1.165, 1.54) is 0 Å². The zero-order valence-electron chi connectivity index (χ0n) is 19.9. The molecule has 1 aliphatic carbocycles. The van der Waals surface area contributed by atoms with Gasteiger partial charge in [0.15, 0.2) is 0 Å². The quantitative estimate of drug-likeness (QED) is 0.480. The van der Waals surface area contributed by atoms with Gasteiger partial charge in [0.05, 0.1) is 0 Å². The second kappa shape index (κ2) is 11.0. The molecule has 3 atom stereocenters. The molecule has 7 heteroatoms. The van der Waals surface area contributed by atoms with Gasteiger partial charge in [0.2, 0.25) is 11.8 Å². The predicted octanol–water partition coefficient (Wildman–Crippen LogP) is 4.71. The molecule has 2 unspecified atom stereocenters. The molecule has 1 saturated heterocycles. The molecule has 3 N–H and O–H groups in total. The summed E-state index contributed by atoms with van der Waals surface area (Å²) in [6.45, 7) is 2.65. The van der Waals surface area contributed by atoms with Gasteiger partial charge in [-0.1, -0.05) is 42.5 Å². The van der Waals surface area contributed by atoms with Crippen LogP contribution in [-0.4, -0.2) is 35.3 Å². The zero-order valence-corrected chi connectivity index (χ0v) is 20.9. The minimum Gasteiger partial charge on any atom is -0.591 e. The van der Waals surface area contributed by atoms with Crippen LogP contribution in [0, 0.1) is 18.1 Å². The second-order valence-corrected chi connectivity index (χ2v) is 9.86. The monoisotopic (exact) mass is 517 g/mol. The Balaban J connectivity index is 0.00000289. The first kappa shape index (κ1) is 25.5. The van der Waals surface area contributed by atoms with Gasteiger partial charge in [-0.3, -0.25) is 9.59 Å². The average Bonchev–Trinajstić information content (AvgIpc) is 3.51. The molecule has 2 aromatic carbocycles. The van der Waals surface area contributed by atoms with Gasteiger partial charge in [0.1, 0.15) is 6.04 Å². The van der Waals surface area contributed by atoms with E-state index in [1.807, 2.05) is 41.3 Å². The number of fused-ring (bicyclic) bond motifs is 1. The summed E-state index contributed by atoms with van der Waals surface area (Å²) in [4.78, 5) is 29.2. The molecular weight excluding hydrogens is 485 g/mol. The minimum absolute atomic E-state index is 0. The largest absolute Gasteiger partial charge is 2.00 e. The molecule has 2 heterocycles. The zero-order chi connectivity index (χ0) is 23.7. The van der Waals surface area contributed by atoms with Crippen LogP contribution in [0.4, 0.5) is 5.69 Å². The van der Waals surface area contributed by atoms with Gasteiger partial charge in [-0.05, 0) is 68.4 Å². The third kappa shape index (κ3) is 5.32. The predicted molar refractivity (Wildman–Crippen MR) is 132 cm³/mol. The Kier molecular flexibility index (Phi) is 7.99. The normalized spacial score (nSPS) is 25.1. The van der Waals surface area contributed by atoms with Crippen molar-refractivity contribution in [2.45, 2.75) is 57.0 Å². The van der Waals surface area contributed by atoms with Crippen LogP contribution in [0.2, 0.25) is 0 Å². The van der Waals surface area contributed by atoms with Crippen molar-refractivity contribution in [2.24, 2.45) is 17.6 Å². The molecule has 2 fully saturated rings. The number of nitrogens with zero attached hydrogens (tertiary/aromatic N) is 1. The van der Waals surface area contributed by atoms with Crippen molar-refractivity contribution in [1.29, 1.82) is 0 Å². The summed E-state index contributed by atoms with van der Waals surface area (Å²) < 4.78 is 5.29. The summed E-state index contributed by atoms with van der Waals surface area (Å²) >= 11 is 0. The van der Waals surface area contributed by atoms with Crippen LogP contribution in [0.1, 0.15) is 50.5 Å². The number of nitrogens with one attached hydrogen (secondary N) is 1. The van der Waals surface area contributed by atoms with E-state index >= 15 is 0 Å². The summed E-state index contributed by atoms with van der Waals surface area (Å²) in [5.41, 5.74) is 8.61. The Morgan fingerprint density at radius 2 is 1.83 bits per heavy atom. The van der Waals surface area contributed by atoms with Gasteiger partial charge in [-0.25, -0.2) is 0 Å². The van der Waals surface area contributed by atoms with E-state index in [9.17, 15) is 9.59 Å². The van der Waals surface area contributed by atoms with E-state index in [2.05, 4.69) is 30.6 Å².